The van der Waals surface area contributed by atoms with Gasteiger partial charge in [0, 0.05) is 54.9 Å². The summed E-state index contributed by atoms with van der Waals surface area (Å²) in [5.74, 6) is 1.75. The number of nitrogens with zero attached hydrogens (tertiary/aromatic N) is 5. The van der Waals surface area contributed by atoms with Crippen molar-refractivity contribution < 1.29 is 9.21 Å². The van der Waals surface area contributed by atoms with Crippen LogP contribution in [0.1, 0.15) is 15.5 Å². The summed E-state index contributed by atoms with van der Waals surface area (Å²) in [6, 6.07) is 9.91. The van der Waals surface area contributed by atoms with Crippen molar-refractivity contribution in [3.63, 3.8) is 0 Å². The number of hydrogen-bond donors (Lipinski definition) is 0. The summed E-state index contributed by atoms with van der Waals surface area (Å²) in [6.45, 7) is 6.70. The van der Waals surface area contributed by atoms with Gasteiger partial charge in [0.2, 0.25) is 11.9 Å². The van der Waals surface area contributed by atoms with E-state index in [1.807, 2.05) is 23.1 Å². The average Bonchev–Trinajstić information content (AvgIpc) is 3.40. The van der Waals surface area contributed by atoms with Crippen molar-refractivity contribution in [3.8, 4) is 0 Å². The molecule has 0 saturated carbocycles. The number of furan rings is 1. The van der Waals surface area contributed by atoms with Crippen LogP contribution in [0.4, 0.5) is 5.95 Å². The lowest BCUT2D eigenvalue weighted by Crippen LogP contribution is -2.51. The van der Waals surface area contributed by atoms with E-state index in [1.165, 1.54) is 9.75 Å². The zero-order chi connectivity index (χ0) is 20.1. The SMILES string of the molecule is Cc1ccc(CN(CC(=O)N2CCN(c3ncccn3)CC2)Cc2ccco2)s1. The van der Waals surface area contributed by atoms with Crippen LogP contribution in [0.5, 0.6) is 0 Å². The molecule has 0 unspecified atom stereocenters. The Kier molecular flexibility index (Phi) is 6.21. The molecule has 1 amide bonds. The number of carbonyl (C=O) groups excluding carboxylic acids is 1. The minimum absolute atomic E-state index is 0.151. The smallest absolute Gasteiger partial charge is 0.236 e. The van der Waals surface area contributed by atoms with E-state index in [9.17, 15) is 4.79 Å². The molecule has 0 N–H and O–H groups in total. The summed E-state index contributed by atoms with van der Waals surface area (Å²) in [4.78, 5) is 30.3. The van der Waals surface area contributed by atoms with Crippen molar-refractivity contribution in [2.45, 2.75) is 20.0 Å². The van der Waals surface area contributed by atoms with Crippen molar-refractivity contribution in [1.82, 2.24) is 19.8 Å². The Morgan fingerprint density at radius 1 is 1.10 bits per heavy atom. The minimum atomic E-state index is 0.151. The van der Waals surface area contributed by atoms with E-state index in [0.717, 1.165) is 31.3 Å². The van der Waals surface area contributed by atoms with Gasteiger partial charge in [-0.3, -0.25) is 9.69 Å². The third-order valence-electron chi connectivity index (χ3n) is 4.96. The summed E-state index contributed by atoms with van der Waals surface area (Å²) in [6.07, 6.45) is 5.17. The van der Waals surface area contributed by atoms with Crippen molar-refractivity contribution >= 4 is 23.2 Å². The molecule has 152 valence electrons. The lowest BCUT2D eigenvalue weighted by Gasteiger charge is -2.35. The van der Waals surface area contributed by atoms with Crippen LogP contribution in [-0.4, -0.2) is 58.4 Å². The predicted octanol–water partition coefficient (Wildman–Crippen LogP) is 2.79. The molecule has 0 atom stereocenters. The number of thiophene rings is 1. The first-order valence-corrected chi connectivity index (χ1v) is 10.6. The Labute approximate surface area is 174 Å². The van der Waals surface area contributed by atoms with Gasteiger partial charge in [-0.1, -0.05) is 0 Å². The fourth-order valence-electron chi connectivity index (χ4n) is 3.48. The van der Waals surface area contributed by atoms with E-state index in [-0.39, 0.29) is 5.91 Å². The first kappa shape index (κ1) is 19.6. The molecule has 3 aromatic rings. The van der Waals surface area contributed by atoms with Crippen LogP contribution < -0.4 is 4.90 Å². The van der Waals surface area contributed by atoms with Crippen LogP contribution in [0.25, 0.3) is 0 Å². The van der Waals surface area contributed by atoms with Crippen LogP contribution in [0.15, 0.2) is 53.4 Å². The van der Waals surface area contributed by atoms with Crippen LogP contribution in [0.3, 0.4) is 0 Å². The van der Waals surface area contributed by atoms with Gasteiger partial charge in [-0.05, 0) is 37.3 Å². The monoisotopic (exact) mass is 411 g/mol. The number of carbonyl (C=O) groups is 1. The summed E-state index contributed by atoms with van der Waals surface area (Å²) in [5.41, 5.74) is 0. The minimum Gasteiger partial charge on any atom is -0.468 e. The van der Waals surface area contributed by atoms with Crippen LogP contribution in [-0.2, 0) is 17.9 Å². The molecular formula is C21H25N5O2S. The van der Waals surface area contributed by atoms with E-state index >= 15 is 0 Å². The highest BCUT2D eigenvalue weighted by molar-refractivity contribution is 7.11. The Balaban J connectivity index is 1.36. The molecule has 7 nitrogen and oxygen atoms in total. The number of amides is 1. The molecule has 4 heterocycles. The second-order valence-electron chi connectivity index (χ2n) is 7.15. The van der Waals surface area contributed by atoms with Crippen LogP contribution in [0, 0.1) is 6.92 Å². The molecule has 8 heteroatoms. The number of aryl methyl sites for hydroxylation is 1. The number of aromatic nitrogens is 2. The first-order chi connectivity index (χ1) is 14.2. The second-order valence-corrected chi connectivity index (χ2v) is 8.53. The standard InChI is InChI=1S/C21H25N5O2S/c1-17-5-6-19(29-17)15-24(14-18-4-2-13-28-18)16-20(27)25-9-11-26(12-10-25)21-22-7-3-8-23-21/h2-8,13H,9-12,14-16H2,1H3. The Bertz CT molecular complexity index is 904. The van der Waals surface area contributed by atoms with E-state index in [1.54, 1.807) is 30.0 Å². The van der Waals surface area contributed by atoms with Gasteiger partial charge in [0.25, 0.3) is 0 Å². The van der Waals surface area contributed by atoms with E-state index in [2.05, 4.69) is 38.8 Å². The third kappa shape index (κ3) is 5.21. The highest BCUT2D eigenvalue weighted by Gasteiger charge is 2.24. The maximum atomic E-state index is 13.0. The summed E-state index contributed by atoms with van der Waals surface area (Å²) < 4.78 is 5.51. The normalized spacial score (nSPS) is 14.6. The molecule has 4 rings (SSSR count). The number of anilines is 1. The molecule has 1 fully saturated rings. The molecule has 1 saturated heterocycles. The first-order valence-electron chi connectivity index (χ1n) is 9.77. The summed E-state index contributed by atoms with van der Waals surface area (Å²) >= 11 is 1.77. The average molecular weight is 412 g/mol. The molecule has 3 aromatic heterocycles. The molecule has 1 aliphatic heterocycles. The topological polar surface area (TPSA) is 65.7 Å². The molecule has 0 aliphatic carbocycles. The fraction of sp³-hybridized carbons (Fsp3) is 0.381. The second kappa shape index (κ2) is 9.19. The molecule has 0 spiro atoms. The molecule has 29 heavy (non-hydrogen) atoms. The van der Waals surface area contributed by atoms with E-state index < -0.39 is 0 Å². The van der Waals surface area contributed by atoms with Crippen molar-refractivity contribution in [3.05, 3.63) is 64.5 Å². The molecule has 0 bridgehead atoms. The molecule has 1 aliphatic rings. The lowest BCUT2D eigenvalue weighted by molar-refractivity contribution is -0.133. The van der Waals surface area contributed by atoms with Crippen molar-refractivity contribution in [2.75, 3.05) is 37.6 Å². The highest BCUT2D eigenvalue weighted by Crippen LogP contribution is 2.19. The van der Waals surface area contributed by atoms with Gasteiger partial charge in [-0.25, -0.2) is 9.97 Å². The zero-order valence-corrected chi connectivity index (χ0v) is 17.3. The Hall–Kier alpha value is -2.71. The van der Waals surface area contributed by atoms with Gasteiger partial charge < -0.3 is 14.2 Å². The van der Waals surface area contributed by atoms with Gasteiger partial charge in [-0.2, -0.15) is 0 Å². The van der Waals surface area contributed by atoms with E-state index in [0.29, 0.717) is 26.2 Å². The number of hydrogen-bond acceptors (Lipinski definition) is 7. The predicted molar refractivity (Wildman–Crippen MR) is 113 cm³/mol. The zero-order valence-electron chi connectivity index (χ0n) is 16.5. The summed E-state index contributed by atoms with van der Waals surface area (Å²) in [5, 5.41) is 0. The van der Waals surface area contributed by atoms with Gasteiger partial charge >= 0.3 is 0 Å². The maximum absolute atomic E-state index is 13.0. The maximum Gasteiger partial charge on any atom is 0.236 e. The number of piperazine rings is 1. The van der Waals surface area contributed by atoms with Gasteiger partial charge in [0.15, 0.2) is 0 Å². The molecular weight excluding hydrogens is 386 g/mol. The summed E-state index contributed by atoms with van der Waals surface area (Å²) in [7, 11) is 0. The highest BCUT2D eigenvalue weighted by atomic mass is 32.1. The quantitative estimate of drug-likeness (QED) is 0.596. The van der Waals surface area contributed by atoms with Gasteiger partial charge in [0.05, 0.1) is 19.4 Å². The molecule has 0 radical (unpaired) electrons. The van der Waals surface area contributed by atoms with Gasteiger partial charge in [-0.15, -0.1) is 11.3 Å². The Morgan fingerprint density at radius 2 is 1.90 bits per heavy atom. The van der Waals surface area contributed by atoms with Crippen molar-refractivity contribution in [1.29, 1.82) is 0 Å². The molecule has 0 aromatic carbocycles. The van der Waals surface area contributed by atoms with Gasteiger partial charge in [0.1, 0.15) is 5.76 Å². The van der Waals surface area contributed by atoms with Crippen LogP contribution in [0.2, 0.25) is 0 Å². The Morgan fingerprint density at radius 3 is 2.55 bits per heavy atom. The third-order valence-corrected chi connectivity index (χ3v) is 5.95. The fourth-order valence-corrected chi connectivity index (χ4v) is 4.42. The van der Waals surface area contributed by atoms with E-state index in [4.69, 9.17) is 4.42 Å². The lowest BCUT2D eigenvalue weighted by atomic mass is 10.3. The number of rotatable bonds is 7. The van der Waals surface area contributed by atoms with Crippen LogP contribution >= 0.6 is 11.3 Å². The van der Waals surface area contributed by atoms with Crippen molar-refractivity contribution in [2.24, 2.45) is 0 Å². The largest absolute Gasteiger partial charge is 0.468 e.